The fraction of sp³-hybridized carbons (Fsp3) is 0.600. The van der Waals surface area contributed by atoms with Gasteiger partial charge in [0, 0.05) is 22.4 Å². The van der Waals surface area contributed by atoms with Gasteiger partial charge in [-0.05, 0) is 43.7 Å². The highest BCUT2D eigenvalue weighted by Crippen LogP contribution is 2.40. The molecule has 1 aliphatic rings. The minimum absolute atomic E-state index is 0.0129. The first kappa shape index (κ1) is 16.4. The maximum Gasteiger partial charge on any atom is 0.142 e. The molecule has 1 saturated carbocycles. The summed E-state index contributed by atoms with van der Waals surface area (Å²) in [5.74, 6) is -0.417. The van der Waals surface area contributed by atoms with E-state index < -0.39 is 5.82 Å². The lowest BCUT2D eigenvalue weighted by molar-refractivity contribution is 0.485. The van der Waals surface area contributed by atoms with Gasteiger partial charge >= 0.3 is 0 Å². The monoisotopic (exact) mass is 335 g/mol. The molecule has 0 spiro atoms. The Kier molecular flexibility index (Phi) is 5.63. The van der Waals surface area contributed by atoms with Crippen molar-refractivity contribution >= 4 is 35.0 Å². The Balaban J connectivity index is 2.05. The molecule has 0 amide bonds. The van der Waals surface area contributed by atoms with Crippen molar-refractivity contribution in [1.82, 2.24) is 5.32 Å². The Hall–Kier alpha value is 0.0400. The van der Waals surface area contributed by atoms with E-state index in [0.29, 0.717) is 9.77 Å². The van der Waals surface area contributed by atoms with Gasteiger partial charge in [0.05, 0.1) is 5.02 Å². The Bertz CT molecular complexity index is 475. The molecule has 1 aromatic carbocycles. The van der Waals surface area contributed by atoms with Crippen LogP contribution in [0.2, 0.25) is 10.0 Å². The average Bonchev–Trinajstić information content (AvgIpc) is 2.90. The molecule has 0 bridgehead atoms. The summed E-state index contributed by atoms with van der Waals surface area (Å²) in [6.07, 6.45) is 7.26. The standard InChI is InChI=1S/C15H20Cl2FNS/c1-10(11-7-14(18)13(17)8-12(11)16)19-9-15(20-2)5-3-4-6-15/h7-8,10,19H,3-6,9H2,1-2H3. The Morgan fingerprint density at radius 3 is 2.55 bits per heavy atom. The van der Waals surface area contributed by atoms with Crippen molar-refractivity contribution in [3.8, 4) is 0 Å². The largest absolute Gasteiger partial charge is 0.309 e. The molecule has 1 nitrogen and oxygen atoms in total. The topological polar surface area (TPSA) is 12.0 Å². The van der Waals surface area contributed by atoms with E-state index in [0.717, 1.165) is 12.1 Å². The third kappa shape index (κ3) is 3.62. The maximum atomic E-state index is 13.6. The van der Waals surface area contributed by atoms with E-state index in [-0.39, 0.29) is 11.1 Å². The van der Waals surface area contributed by atoms with Gasteiger partial charge in [0.1, 0.15) is 5.82 Å². The van der Waals surface area contributed by atoms with Gasteiger partial charge in [-0.15, -0.1) is 0 Å². The molecule has 1 N–H and O–H groups in total. The third-order valence-electron chi connectivity index (χ3n) is 4.18. The van der Waals surface area contributed by atoms with Crippen molar-refractivity contribution in [1.29, 1.82) is 0 Å². The highest BCUT2D eigenvalue weighted by atomic mass is 35.5. The molecule has 112 valence electrons. The number of nitrogens with one attached hydrogen (secondary N) is 1. The fourth-order valence-corrected chi connectivity index (χ4v) is 4.26. The van der Waals surface area contributed by atoms with Crippen molar-refractivity contribution in [3.63, 3.8) is 0 Å². The molecule has 1 unspecified atom stereocenters. The summed E-state index contributed by atoms with van der Waals surface area (Å²) in [5.41, 5.74) is 0.766. The molecular weight excluding hydrogens is 316 g/mol. The molecule has 1 aliphatic carbocycles. The Morgan fingerprint density at radius 2 is 1.95 bits per heavy atom. The number of rotatable bonds is 5. The molecule has 0 heterocycles. The lowest BCUT2D eigenvalue weighted by Gasteiger charge is -2.29. The summed E-state index contributed by atoms with van der Waals surface area (Å²) in [4.78, 5) is 0. The molecule has 1 fully saturated rings. The van der Waals surface area contributed by atoms with Crippen molar-refractivity contribution in [2.45, 2.75) is 43.4 Å². The van der Waals surface area contributed by atoms with E-state index in [1.165, 1.54) is 37.8 Å². The van der Waals surface area contributed by atoms with E-state index in [9.17, 15) is 4.39 Å². The second kappa shape index (κ2) is 6.87. The number of halogens is 3. The number of hydrogen-bond acceptors (Lipinski definition) is 2. The van der Waals surface area contributed by atoms with Gasteiger partial charge in [-0.25, -0.2) is 4.39 Å². The first-order chi connectivity index (χ1) is 9.47. The molecule has 5 heteroatoms. The van der Waals surface area contributed by atoms with E-state index in [1.54, 1.807) is 0 Å². The van der Waals surface area contributed by atoms with Gasteiger partial charge < -0.3 is 5.32 Å². The van der Waals surface area contributed by atoms with Crippen LogP contribution in [-0.2, 0) is 0 Å². The van der Waals surface area contributed by atoms with Crippen molar-refractivity contribution in [2.75, 3.05) is 12.8 Å². The highest BCUT2D eigenvalue weighted by Gasteiger charge is 2.33. The number of hydrogen-bond donors (Lipinski definition) is 1. The first-order valence-electron chi connectivity index (χ1n) is 6.90. The molecule has 2 rings (SSSR count). The summed E-state index contributed by atoms with van der Waals surface area (Å²) < 4.78 is 13.9. The van der Waals surface area contributed by atoms with Crippen LogP contribution in [0.5, 0.6) is 0 Å². The minimum atomic E-state index is -0.417. The van der Waals surface area contributed by atoms with Crippen LogP contribution in [0.15, 0.2) is 12.1 Å². The van der Waals surface area contributed by atoms with E-state index in [4.69, 9.17) is 23.2 Å². The van der Waals surface area contributed by atoms with Gasteiger partial charge in [0.15, 0.2) is 0 Å². The predicted octanol–water partition coefficient (Wildman–Crippen LogP) is 5.46. The molecule has 0 aromatic heterocycles. The smallest absolute Gasteiger partial charge is 0.142 e. The maximum absolute atomic E-state index is 13.6. The quantitative estimate of drug-likeness (QED) is 0.717. The molecule has 0 aliphatic heterocycles. The van der Waals surface area contributed by atoms with Crippen LogP contribution < -0.4 is 5.32 Å². The number of thioether (sulfide) groups is 1. The molecule has 0 saturated heterocycles. The van der Waals surface area contributed by atoms with E-state index >= 15 is 0 Å². The highest BCUT2D eigenvalue weighted by molar-refractivity contribution is 8.00. The zero-order valence-electron chi connectivity index (χ0n) is 11.8. The second-order valence-electron chi connectivity index (χ2n) is 5.48. The Morgan fingerprint density at radius 1 is 1.30 bits per heavy atom. The van der Waals surface area contributed by atoms with Crippen LogP contribution in [0.4, 0.5) is 4.39 Å². The minimum Gasteiger partial charge on any atom is -0.309 e. The Labute approximate surface area is 134 Å². The third-order valence-corrected chi connectivity index (χ3v) is 6.22. The van der Waals surface area contributed by atoms with E-state index in [1.807, 2.05) is 18.7 Å². The summed E-state index contributed by atoms with van der Waals surface area (Å²) in [6.45, 7) is 2.94. The summed E-state index contributed by atoms with van der Waals surface area (Å²) in [5, 5.41) is 4.09. The van der Waals surface area contributed by atoms with Crippen molar-refractivity contribution in [3.05, 3.63) is 33.6 Å². The van der Waals surface area contributed by atoms with Gasteiger partial charge in [0.2, 0.25) is 0 Å². The molecule has 1 atom stereocenters. The lowest BCUT2D eigenvalue weighted by atomic mass is 10.0. The van der Waals surface area contributed by atoms with Gasteiger partial charge in [-0.3, -0.25) is 0 Å². The summed E-state index contributed by atoms with van der Waals surface area (Å²) in [7, 11) is 0. The van der Waals surface area contributed by atoms with Crippen LogP contribution in [0, 0.1) is 5.82 Å². The van der Waals surface area contributed by atoms with Gasteiger partial charge in [0.25, 0.3) is 0 Å². The van der Waals surface area contributed by atoms with E-state index in [2.05, 4.69) is 11.6 Å². The number of benzene rings is 1. The van der Waals surface area contributed by atoms with Crippen molar-refractivity contribution in [2.24, 2.45) is 0 Å². The SMILES string of the molecule is CSC1(CNC(C)c2cc(F)c(Cl)cc2Cl)CCCC1. The first-order valence-corrected chi connectivity index (χ1v) is 8.88. The van der Waals surface area contributed by atoms with Crippen LogP contribution >= 0.6 is 35.0 Å². The zero-order chi connectivity index (χ0) is 14.8. The normalized spacial score (nSPS) is 19.2. The summed E-state index contributed by atoms with van der Waals surface area (Å²) in [6, 6.07) is 2.92. The van der Waals surface area contributed by atoms with Gasteiger partial charge in [-0.1, -0.05) is 36.0 Å². The average molecular weight is 336 g/mol. The predicted molar refractivity (Wildman–Crippen MR) is 87.6 cm³/mol. The van der Waals surface area contributed by atoms with Gasteiger partial charge in [-0.2, -0.15) is 11.8 Å². The molecule has 1 aromatic rings. The lowest BCUT2D eigenvalue weighted by Crippen LogP contribution is -2.36. The fourth-order valence-electron chi connectivity index (χ4n) is 2.79. The molecular formula is C15H20Cl2FNS. The summed E-state index contributed by atoms with van der Waals surface area (Å²) >= 11 is 13.8. The molecule has 0 radical (unpaired) electrons. The zero-order valence-corrected chi connectivity index (χ0v) is 14.1. The van der Waals surface area contributed by atoms with Crippen LogP contribution in [0.1, 0.15) is 44.2 Å². The molecule has 20 heavy (non-hydrogen) atoms. The van der Waals surface area contributed by atoms with Crippen LogP contribution in [0.25, 0.3) is 0 Å². The van der Waals surface area contributed by atoms with Crippen molar-refractivity contribution < 1.29 is 4.39 Å². The second-order valence-corrected chi connectivity index (χ2v) is 7.57. The van der Waals surface area contributed by atoms with Crippen LogP contribution in [-0.4, -0.2) is 17.5 Å². The van der Waals surface area contributed by atoms with Crippen LogP contribution in [0.3, 0.4) is 0 Å².